The zero-order valence-corrected chi connectivity index (χ0v) is 17.2. The van der Waals surface area contributed by atoms with E-state index in [0.717, 1.165) is 54.3 Å². The molecule has 4 aromatic rings. The molecule has 0 spiro atoms. The van der Waals surface area contributed by atoms with E-state index in [1.54, 1.807) is 17.1 Å². The Morgan fingerprint density at radius 2 is 1.87 bits per heavy atom. The van der Waals surface area contributed by atoms with Gasteiger partial charge in [0.25, 0.3) is 5.91 Å². The van der Waals surface area contributed by atoms with Gasteiger partial charge in [0.15, 0.2) is 11.9 Å². The van der Waals surface area contributed by atoms with Crippen molar-refractivity contribution in [3.8, 4) is 11.4 Å². The first-order valence-electron chi connectivity index (χ1n) is 10.7. The van der Waals surface area contributed by atoms with E-state index in [1.165, 1.54) is 6.42 Å². The fourth-order valence-corrected chi connectivity index (χ4v) is 4.14. The molecule has 2 aromatic heterocycles. The minimum absolute atomic E-state index is 0.146. The fourth-order valence-electron chi connectivity index (χ4n) is 4.14. The molecular weight excluding hydrogens is 388 g/mol. The van der Waals surface area contributed by atoms with Crippen LogP contribution < -0.4 is 5.32 Å². The Morgan fingerprint density at radius 3 is 2.71 bits per heavy atom. The number of anilines is 1. The Hall–Kier alpha value is -3.74. The summed E-state index contributed by atoms with van der Waals surface area (Å²) >= 11 is 0. The van der Waals surface area contributed by atoms with Gasteiger partial charge in [-0.2, -0.15) is 5.10 Å². The lowest BCUT2D eigenvalue weighted by Gasteiger charge is -2.18. The van der Waals surface area contributed by atoms with Crippen molar-refractivity contribution in [2.24, 2.45) is 0 Å². The molecule has 0 saturated heterocycles. The number of nitrogens with one attached hydrogen (secondary N) is 1. The SMILES string of the molecule is O=C(Nc1cccc(-c2nnc3n2CCCCC3)c1)C(c1ccccc1)n1cccn1. The van der Waals surface area contributed by atoms with Crippen LogP contribution in [-0.4, -0.2) is 30.5 Å². The van der Waals surface area contributed by atoms with Crippen molar-refractivity contribution >= 4 is 11.6 Å². The van der Waals surface area contributed by atoms with Crippen molar-refractivity contribution < 1.29 is 4.79 Å². The number of rotatable bonds is 5. The summed E-state index contributed by atoms with van der Waals surface area (Å²) in [5, 5.41) is 16.2. The summed E-state index contributed by atoms with van der Waals surface area (Å²) in [5.74, 6) is 1.76. The number of carbonyl (C=O) groups excluding carboxylic acids is 1. The van der Waals surface area contributed by atoms with Crippen LogP contribution in [0, 0.1) is 0 Å². The van der Waals surface area contributed by atoms with Crippen LogP contribution in [0.25, 0.3) is 11.4 Å². The molecule has 3 heterocycles. The number of amides is 1. The van der Waals surface area contributed by atoms with Crippen molar-refractivity contribution in [2.45, 2.75) is 38.3 Å². The number of hydrogen-bond acceptors (Lipinski definition) is 4. The topological polar surface area (TPSA) is 77.6 Å². The van der Waals surface area contributed by atoms with Gasteiger partial charge >= 0.3 is 0 Å². The van der Waals surface area contributed by atoms with Crippen LogP contribution in [-0.2, 0) is 17.8 Å². The van der Waals surface area contributed by atoms with Crippen molar-refractivity contribution in [3.05, 3.63) is 84.4 Å². The van der Waals surface area contributed by atoms with Gasteiger partial charge in [-0.25, -0.2) is 0 Å². The van der Waals surface area contributed by atoms with E-state index in [0.29, 0.717) is 0 Å². The van der Waals surface area contributed by atoms with Crippen molar-refractivity contribution in [1.82, 2.24) is 24.5 Å². The molecule has 7 heteroatoms. The Morgan fingerprint density at radius 1 is 0.968 bits per heavy atom. The second-order valence-corrected chi connectivity index (χ2v) is 7.77. The second kappa shape index (κ2) is 8.55. The molecule has 1 unspecified atom stereocenters. The Balaban J connectivity index is 1.43. The summed E-state index contributed by atoms with van der Waals surface area (Å²) in [4.78, 5) is 13.3. The summed E-state index contributed by atoms with van der Waals surface area (Å²) < 4.78 is 3.89. The van der Waals surface area contributed by atoms with Gasteiger partial charge in [-0.3, -0.25) is 9.48 Å². The van der Waals surface area contributed by atoms with Crippen molar-refractivity contribution in [1.29, 1.82) is 0 Å². The lowest BCUT2D eigenvalue weighted by molar-refractivity contribution is -0.118. The van der Waals surface area contributed by atoms with E-state index in [4.69, 9.17) is 0 Å². The molecule has 1 amide bonds. The summed E-state index contributed by atoms with van der Waals surface area (Å²) in [7, 11) is 0. The largest absolute Gasteiger partial charge is 0.324 e. The summed E-state index contributed by atoms with van der Waals surface area (Å²) in [6.45, 7) is 0.934. The predicted octanol–water partition coefficient (Wildman–Crippen LogP) is 4.10. The number of carbonyl (C=O) groups is 1. The molecule has 31 heavy (non-hydrogen) atoms. The number of nitrogens with zero attached hydrogens (tertiary/aromatic N) is 5. The van der Waals surface area contributed by atoms with Gasteiger partial charge in [-0.05, 0) is 36.6 Å². The minimum Gasteiger partial charge on any atom is -0.324 e. The van der Waals surface area contributed by atoms with Crippen LogP contribution >= 0.6 is 0 Å². The first-order chi connectivity index (χ1) is 15.3. The van der Waals surface area contributed by atoms with E-state index in [1.807, 2.05) is 60.7 Å². The molecular formula is C24H24N6O. The third kappa shape index (κ3) is 3.99. The van der Waals surface area contributed by atoms with Crippen LogP contribution in [0.5, 0.6) is 0 Å². The van der Waals surface area contributed by atoms with Crippen molar-refractivity contribution in [3.63, 3.8) is 0 Å². The van der Waals surface area contributed by atoms with E-state index < -0.39 is 6.04 Å². The third-order valence-corrected chi connectivity index (χ3v) is 5.65. The molecule has 0 bridgehead atoms. The molecule has 0 fully saturated rings. The lowest BCUT2D eigenvalue weighted by Crippen LogP contribution is -2.27. The van der Waals surface area contributed by atoms with Gasteiger partial charge in [0, 0.05) is 36.6 Å². The fraction of sp³-hybridized carbons (Fsp3) is 0.250. The molecule has 0 aliphatic carbocycles. The normalized spacial score (nSPS) is 14.5. The van der Waals surface area contributed by atoms with Crippen LogP contribution in [0.15, 0.2) is 73.1 Å². The highest BCUT2D eigenvalue weighted by Gasteiger charge is 2.23. The monoisotopic (exact) mass is 412 g/mol. The zero-order chi connectivity index (χ0) is 21.0. The molecule has 1 N–H and O–H groups in total. The highest BCUT2D eigenvalue weighted by Crippen LogP contribution is 2.26. The molecule has 0 radical (unpaired) electrons. The molecule has 1 aliphatic rings. The Kier molecular flexibility index (Phi) is 5.31. The van der Waals surface area contributed by atoms with Gasteiger partial charge in [0.2, 0.25) is 0 Å². The molecule has 0 saturated carbocycles. The van der Waals surface area contributed by atoms with E-state index in [9.17, 15) is 4.79 Å². The average molecular weight is 412 g/mol. The maximum atomic E-state index is 13.3. The Labute approximate surface area is 180 Å². The van der Waals surface area contributed by atoms with Gasteiger partial charge in [-0.1, -0.05) is 48.9 Å². The number of aryl methyl sites for hydroxylation is 1. The summed E-state index contributed by atoms with van der Waals surface area (Å²) in [6, 6.07) is 18.7. The van der Waals surface area contributed by atoms with E-state index >= 15 is 0 Å². The maximum Gasteiger partial charge on any atom is 0.253 e. The molecule has 5 rings (SSSR count). The minimum atomic E-state index is -0.552. The molecule has 7 nitrogen and oxygen atoms in total. The molecule has 156 valence electrons. The zero-order valence-electron chi connectivity index (χ0n) is 17.2. The molecule has 1 aliphatic heterocycles. The highest BCUT2D eigenvalue weighted by molar-refractivity contribution is 5.96. The highest BCUT2D eigenvalue weighted by atomic mass is 16.2. The quantitative estimate of drug-likeness (QED) is 0.535. The average Bonchev–Trinajstić information content (AvgIpc) is 3.40. The van der Waals surface area contributed by atoms with Crippen LogP contribution in [0.2, 0.25) is 0 Å². The van der Waals surface area contributed by atoms with Crippen molar-refractivity contribution in [2.75, 3.05) is 5.32 Å². The number of fused-ring (bicyclic) bond motifs is 1. The number of aromatic nitrogens is 5. The van der Waals surface area contributed by atoms with E-state index in [-0.39, 0.29) is 5.91 Å². The van der Waals surface area contributed by atoms with E-state index in [2.05, 4.69) is 25.2 Å². The third-order valence-electron chi connectivity index (χ3n) is 5.65. The van der Waals surface area contributed by atoms with Gasteiger partial charge in [-0.15, -0.1) is 10.2 Å². The lowest BCUT2D eigenvalue weighted by atomic mass is 10.1. The number of benzene rings is 2. The molecule has 2 aromatic carbocycles. The molecule has 1 atom stereocenters. The number of hydrogen-bond donors (Lipinski definition) is 1. The van der Waals surface area contributed by atoms with Gasteiger partial charge < -0.3 is 9.88 Å². The Bertz CT molecular complexity index is 1170. The smallest absolute Gasteiger partial charge is 0.253 e. The summed E-state index contributed by atoms with van der Waals surface area (Å²) in [5.41, 5.74) is 2.55. The predicted molar refractivity (Wildman–Crippen MR) is 118 cm³/mol. The van der Waals surface area contributed by atoms with Crippen LogP contribution in [0.1, 0.15) is 36.7 Å². The summed E-state index contributed by atoms with van der Waals surface area (Å²) in [6.07, 6.45) is 7.96. The first-order valence-corrected chi connectivity index (χ1v) is 10.7. The first kappa shape index (κ1) is 19.2. The van der Waals surface area contributed by atoms with Crippen LogP contribution in [0.4, 0.5) is 5.69 Å². The van der Waals surface area contributed by atoms with Gasteiger partial charge in [0.1, 0.15) is 5.82 Å². The maximum absolute atomic E-state index is 13.3. The van der Waals surface area contributed by atoms with Gasteiger partial charge in [0.05, 0.1) is 0 Å². The van der Waals surface area contributed by atoms with Crippen LogP contribution in [0.3, 0.4) is 0 Å². The second-order valence-electron chi connectivity index (χ2n) is 7.77. The standard InChI is InChI=1S/C24H24N6O/c31-24(22(30-16-8-14-25-30)18-9-3-1-4-10-18)26-20-12-7-11-19(17-20)23-28-27-21-13-5-2-6-15-29(21)23/h1,3-4,7-12,14,16-17,22H,2,5-6,13,15H2,(H,26,31).